The average Bonchev–Trinajstić information content (AvgIpc) is 3.49. The van der Waals surface area contributed by atoms with Gasteiger partial charge in [0.15, 0.2) is 5.82 Å². The van der Waals surface area contributed by atoms with Crippen molar-refractivity contribution in [3.05, 3.63) is 53.8 Å². The SMILES string of the molecule is COc1ccc(CCNC(=O)[C@H]2[C@H]3C(=O)N(c4cc(C)on4)C[C@]34C=C[C@H]2O4)cc1. The first-order valence-corrected chi connectivity index (χ1v) is 10.0. The molecule has 2 bridgehead atoms. The van der Waals surface area contributed by atoms with Crippen molar-refractivity contribution < 1.29 is 23.6 Å². The summed E-state index contributed by atoms with van der Waals surface area (Å²) < 4.78 is 16.4. The van der Waals surface area contributed by atoms with Gasteiger partial charge in [0, 0.05) is 12.6 Å². The van der Waals surface area contributed by atoms with Gasteiger partial charge in [-0.1, -0.05) is 29.4 Å². The highest BCUT2D eigenvalue weighted by atomic mass is 16.5. The van der Waals surface area contributed by atoms with Gasteiger partial charge in [0.1, 0.15) is 17.1 Å². The third kappa shape index (κ3) is 2.90. The van der Waals surface area contributed by atoms with Gasteiger partial charge in [0.25, 0.3) is 0 Å². The number of methoxy groups -OCH3 is 1. The lowest BCUT2D eigenvalue weighted by molar-refractivity contribution is -0.131. The van der Waals surface area contributed by atoms with Gasteiger partial charge in [-0.2, -0.15) is 0 Å². The third-order valence-corrected chi connectivity index (χ3v) is 6.17. The van der Waals surface area contributed by atoms with Crippen LogP contribution in [0.2, 0.25) is 0 Å². The molecule has 2 fully saturated rings. The highest BCUT2D eigenvalue weighted by Gasteiger charge is 2.67. The number of anilines is 1. The van der Waals surface area contributed by atoms with Crippen LogP contribution < -0.4 is 15.0 Å². The molecule has 1 aromatic heterocycles. The van der Waals surface area contributed by atoms with Gasteiger partial charge in [0.05, 0.1) is 31.6 Å². The molecule has 0 unspecified atom stereocenters. The summed E-state index contributed by atoms with van der Waals surface area (Å²) in [6.07, 6.45) is 4.14. The van der Waals surface area contributed by atoms with Crippen LogP contribution in [0, 0.1) is 18.8 Å². The number of aromatic nitrogens is 1. The standard InChI is InChI=1S/C22H23N3O5/c1-13-11-17(24-30-13)25-12-22-9-7-16(29-22)18(19(22)21(25)27)20(26)23-10-8-14-3-5-15(28-2)6-4-14/h3-7,9,11,16,18-19H,8,10,12H2,1-2H3,(H,23,26)/t16-,18-,19+,22-/m1/s1. The summed E-state index contributed by atoms with van der Waals surface area (Å²) in [5.74, 6) is 0.482. The number of aryl methyl sites for hydroxylation is 1. The predicted molar refractivity (Wildman–Crippen MR) is 107 cm³/mol. The van der Waals surface area contributed by atoms with Gasteiger partial charge in [-0.25, -0.2) is 0 Å². The number of carbonyl (C=O) groups is 2. The maximum Gasteiger partial charge on any atom is 0.235 e. The van der Waals surface area contributed by atoms with Crippen molar-refractivity contribution in [2.24, 2.45) is 11.8 Å². The van der Waals surface area contributed by atoms with Crippen molar-refractivity contribution in [3.63, 3.8) is 0 Å². The van der Waals surface area contributed by atoms with Crippen LogP contribution in [0.25, 0.3) is 0 Å². The van der Waals surface area contributed by atoms with Crippen molar-refractivity contribution in [3.8, 4) is 5.75 Å². The second-order valence-corrected chi connectivity index (χ2v) is 8.01. The third-order valence-electron chi connectivity index (χ3n) is 6.17. The summed E-state index contributed by atoms with van der Waals surface area (Å²) in [6.45, 7) is 2.60. The van der Waals surface area contributed by atoms with E-state index in [1.54, 1.807) is 25.0 Å². The molecule has 2 aromatic rings. The van der Waals surface area contributed by atoms with E-state index in [0.29, 0.717) is 31.1 Å². The number of rotatable bonds is 6. The number of benzene rings is 1. The molecule has 5 rings (SSSR count). The summed E-state index contributed by atoms with van der Waals surface area (Å²) in [7, 11) is 1.63. The Morgan fingerprint density at radius 2 is 2.17 bits per heavy atom. The Hall–Kier alpha value is -3.13. The molecule has 0 radical (unpaired) electrons. The Labute approximate surface area is 173 Å². The topological polar surface area (TPSA) is 93.9 Å². The van der Waals surface area contributed by atoms with Crippen LogP contribution in [-0.2, 0) is 20.7 Å². The number of carbonyl (C=O) groups excluding carboxylic acids is 2. The van der Waals surface area contributed by atoms with Gasteiger partial charge < -0.3 is 19.3 Å². The quantitative estimate of drug-likeness (QED) is 0.729. The lowest BCUT2D eigenvalue weighted by Gasteiger charge is -2.23. The second-order valence-electron chi connectivity index (χ2n) is 8.01. The summed E-state index contributed by atoms with van der Waals surface area (Å²) in [4.78, 5) is 27.8. The highest BCUT2D eigenvalue weighted by molar-refractivity contribution is 6.02. The van der Waals surface area contributed by atoms with Crippen molar-refractivity contribution in [1.82, 2.24) is 10.5 Å². The van der Waals surface area contributed by atoms with E-state index in [9.17, 15) is 9.59 Å². The van der Waals surface area contributed by atoms with Gasteiger partial charge in [-0.3, -0.25) is 14.5 Å². The molecule has 0 saturated carbocycles. The minimum atomic E-state index is -0.771. The molecule has 8 nitrogen and oxygen atoms in total. The molecule has 4 atom stereocenters. The fraction of sp³-hybridized carbons (Fsp3) is 0.409. The Morgan fingerprint density at radius 3 is 2.87 bits per heavy atom. The summed E-state index contributed by atoms with van der Waals surface area (Å²) >= 11 is 0. The zero-order valence-corrected chi connectivity index (χ0v) is 16.8. The lowest BCUT2D eigenvalue weighted by atomic mass is 9.77. The van der Waals surface area contributed by atoms with Crippen LogP contribution in [0.4, 0.5) is 5.82 Å². The molecule has 30 heavy (non-hydrogen) atoms. The zero-order valence-electron chi connectivity index (χ0n) is 16.8. The van der Waals surface area contributed by atoms with Crippen LogP contribution in [0.5, 0.6) is 5.75 Å². The van der Waals surface area contributed by atoms with Crippen LogP contribution in [0.15, 0.2) is 47.0 Å². The van der Waals surface area contributed by atoms with Crippen molar-refractivity contribution in [2.45, 2.75) is 25.0 Å². The Bertz CT molecular complexity index is 1010. The van der Waals surface area contributed by atoms with E-state index in [1.807, 2.05) is 36.4 Å². The molecule has 1 aromatic carbocycles. The maximum absolute atomic E-state index is 13.2. The largest absolute Gasteiger partial charge is 0.497 e. The van der Waals surface area contributed by atoms with Crippen molar-refractivity contribution in [1.29, 1.82) is 0 Å². The van der Waals surface area contributed by atoms with Crippen LogP contribution in [0.3, 0.4) is 0 Å². The molecule has 2 saturated heterocycles. The van der Waals surface area contributed by atoms with E-state index in [4.69, 9.17) is 14.0 Å². The number of hydrogen-bond donors (Lipinski definition) is 1. The predicted octanol–water partition coefficient (Wildman–Crippen LogP) is 1.64. The average molecular weight is 409 g/mol. The van der Waals surface area contributed by atoms with Crippen molar-refractivity contribution in [2.75, 3.05) is 25.1 Å². The van der Waals surface area contributed by atoms with E-state index in [-0.39, 0.29) is 17.9 Å². The van der Waals surface area contributed by atoms with Crippen LogP contribution in [-0.4, -0.2) is 48.9 Å². The molecule has 1 N–H and O–H groups in total. The number of nitrogens with zero attached hydrogens (tertiary/aromatic N) is 2. The maximum atomic E-state index is 13.2. The number of amides is 2. The fourth-order valence-electron chi connectivity index (χ4n) is 4.71. The first-order valence-electron chi connectivity index (χ1n) is 10.0. The molecular weight excluding hydrogens is 386 g/mol. The summed E-state index contributed by atoms with van der Waals surface area (Å²) in [5, 5.41) is 6.95. The van der Waals surface area contributed by atoms with Crippen LogP contribution >= 0.6 is 0 Å². The number of fused-ring (bicyclic) bond motifs is 1. The van der Waals surface area contributed by atoms with E-state index < -0.39 is 17.4 Å². The molecule has 3 aliphatic heterocycles. The van der Waals surface area contributed by atoms with E-state index in [1.165, 1.54) is 0 Å². The fourth-order valence-corrected chi connectivity index (χ4v) is 4.71. The summed E-state index contributed by atoms with van der Waals surface area (Å²) in [6, 6.07) is 9.46. The number of hydrogen-bond acceptors (Lipinski definition) is 6. The Kier molecular flexibility index (Phi) is 4.39. The van der Waals surface area contributed by atoms with Gasteiger partial charge in [0.2, 0.25) is 11.8 Å². The first-order chi connectivity index (χ1) is 14.5. The van der Waals surface area contributed by atoms with Crippen LogP contribution in [0.1, 0.15) is 11.3 Å². The molecule has 8 heteroatoms. The Balaban J connectivity index is 1.27. The zero-order chi connectivity index (χ0) is 20.9. The first kappa shape index (κ1) is 18.9. The molecular formula is C22H23N3O5. The Morgan fingerprint density at radius 1 is 1.37 bits per heavy atom. The smallest absolute Gasteiger partial charge is 0.235 e. The van der Waals surface area contributed by atoms with Crippen molar-refractivity contribution >= 4 is 17.6 Å². The molecule has 3 aliphatic rings. The highest BCUT2D eigenvalue weighted by Crippen LogP contribution is 2.52. The van der Waals surface area contributed by atoms with Gasteiger partial charge in [-0.15, -0.1) is 0 Å². The molecule has 4 heterocycles. The molecule has 1 spiro atoms. The minimum absolute atomic E-state index is 0.148. The number of nitrogens with one attached hydrogen (secondary N) is 1. The van der Waals surface area contributed by atoms with E-state index in [2.05, 4.69) is 10.5 Å². The number of ether oxygens (including phenoxy) is 2. The lowest BCUT2D eigenvalue weighted by Crippen LogP contribution is -2.44. The molecule has 2 amide bonds. The van der Waals surface area contributed by atoms with Gasteiger partial charge >= 0.3 is 0 Å². The molecule has 0 aliphatic carbocycles. The minimum Gasteiger partial charge on any atom is -0.497 e. The molecule has 156 valence electrons. The second kappa shape index (κ2) is 6.98. The van der Waals surface area contributed by atoms with E-state index in [0.717, 1.165) is 11.3 Å². The van der Waals surface area contributed by atoms with E-state index >= 15 is 0 Å². The van der Waals surface area contributed by atoms with Gasteiger partial charge in [-0.05, 0) is 31.0 Å². The monoisotopic (exact) mass is 409 g/mol. The normalized spacial score (nSPS) is 28.8. The summed E-state index contributed by atoms with van der Waals surface area (Å²) in [5.41, 5.74) is 0.327.